The fraction of sp³-hybridized carbons (Fsp3) is 0.522. The van der Waals surface area contributed by atoms with Gasteiger partial charge in [0.1, 0.15) is 0 Å². The molecule has 0 bridgehead atoms. The minimum absolute atomic E-state index is 0.0334. The standard InChI is InChI=1S/C21H29N3O2.C2HF3O2/c1-16(2)9-10-21(25)24-12-19-8-5-11-23(19)13-20(14-24)26-15-18-7-4-6-17(3)22-18;3-2(4,5)1(6)7/h4-8,11,16,20H,9-10,12-15H2,1-3H3;(H,6,7). The second-order valence-corrected chi connectivity index (χ2v) is 8.36. The average Bonchev–Trinajstić information content (AvgIpc) is 3.08. The van der Waals surface area contributed by atoms with Crippen LogP contribution in [-0.4, -0.2) is 50.3 Å². The zero-order valence-corrected chi connectivity index (χ0v) is 19.0. The summed E-state index contributed by atoms with van der Waals surface area (Å²) in [4.78, 5) is 28.1. The lowest BCUT2D eigenvalue weighted by Gasteiger charge is -2.25. The molecular weight excluding hydrogens is 439 g/mol. The lowest BCUT2D eigenvalue weighted by Crippen LogP contribution is -2.37. The van der Waals surface area contributed by atoms with Crippen molar-refractivity contribution in [3.05, 3.63) is 53.6 Å². The highest BCUT2D eigenvalue weighted by molar-refractivity contribution is 5.76. The number of carbonyl (C=O) groups excluding carboxylic acids is 1. The number of rotatable bonds is 6. The van der Waals surface area contributed by atoms with Gasteiger partial charge in [-0.15, -0.1) is 0 Å². The van der Waals surface area contributed by atoms with Gasteiger partial charge >= 0.3 is 12.1 Å². The Bertz CT molecular complexity index is 928. The molecule has 0 spiro atoms. The molecule has 1 aliphatic heterocycles. The molecule has 0 aromatic carbocycles. The number of ether oxygens (including phenoxy) is 1. The number of carbonyl (C=O) groups is 2. The van der Waals surface area contributed by atoms with E-state index in [2.05, 4.69) is 35.7 Å². The normalized spacial score (nSPS) is 16.0. The highest BCUT2D eigenvalue weighted by Crippen LogP contribution is 2.18. The van der Waals surface area contributed by atoms with Crippen molar-refractivity contribution in [3.63, 3.8) is 0 Å². The summed E-state index contributed by atoms with van der Waals surface area (Å²) in [6.45, 7) is 8.82. The Balaban J connectivity index is 0.000000479. The molecule has 0 aliphatic carbocycles. The van der Waals surface area contributed by atoms with E-state index in [-0.39, 0.29) is 12.0 Å². The predicted octanol–water partition coefficient (Wildman–Crippen LogP) is 4.19. The van der Waals surface area contributed by atoms with Gasteiger partial charge in [0, 0.05) is 30.6 Å². The Hall–Kier alpha value is -2.88. The SMILES string of the molecule is Cc1cccc(COC2CN(C(=O)CCC(C)C)Cc3cccn3C2)n1.O=C(O)C(F)(F)F. The average molecular weight is 470 g/mol. The molecule has 1 aliphatic rings. The highest BCUT2D eigenvalue weighted by atomic mass is 19.4. The molecule has 0 radical (unpaired) electrons. The molecule has 1 N–H and O–H groups in total. The number of pyridine rings is 1. The number of halogens is 3. The van der Waals surface area contributed by atoms with Gasteiger partial charge in [0.2, 0.25) is 5.91 Å². The number of carboxylic acid groups (broad SMARTS) is 1. The van der Waals surface area contributed by atoms with Gasteiger partial charge in [0.25, 0.3) is 0 Å². The van der Waals surface area contributed by atoms with E-state index in [1.54, 1.807) is 0 Å². The number of hydrogen-bond donors (Lipinski definition) is 1. The molecule has 10 heteroatoms. The molecule has 3 rings (SSSR count). The summed E-state index contributed by atoms with van der Waals surface area (Å²) in [5, 5.41) is 7.12. The molecule has 1 unspecified atom stereocenters. The van der Waals surface area contributed by atoms with Gasteiger partial charge < -0.3 is 19.3 Å². The summed E-state index contributed by atoms with van der Waals surface area (Å²) in [6, 6.07) is 10.1. The molecule has 0 saturated heterocycles. The maximum Gasteiger partial charge on any atom is 0.490 e. The minimum Gasteiger partial charge on any atom is -0.475 e. The number of aryl methyl sites for hydroxylation is 1. The van der Waals surface area contributed by atoms with Gasteiger partial charge in [-0.1, -0.05) is 19.9 Å². The van der Waals surface area contributed by atoms with Crippen LogP contribution in [0.25, 0.3) is 0 Å². The lowest BCUT2D eigenvalue weighted by molar-refractivity contribution is -0.192. The maximum absolute atomic E-state index is 12.7. The molecule has 1 amide bonds. The van der Waals surface area contributed by atoms with E-state index in [4.69, 9.17) is 14.6 Å². The first kappa shape index (κ1) is 26.4. The molecule has 2 aromatic heterocycles. The Morgan fingerprint density at radius 2 is 1.91 bits per heavy atom. The van der Waals surface area contributed by atoms with Crippen molar-refractivity contribution in [2.75, 3.05) is 6.54 Å². The first-order chi connectivity index (χ1) is 15.5. The van der Waals surface area contributed by atoms with Crippen LogP contribution >= 0.6 is 0 Å². The molecule has 33 heavy (non-hydrogen) atoms. The number of amides is 1. The van der Waals surface area contributed by atoms with Gasteiger partial charge in [-0.25, -0.2) is 4.79 Å². The van der Waals surface area contributed by atoms with Crippen molar-refractivity contribution in [2.45, 2.75) is 65.6 Å². The minimum atomic E-state index is -5.08. The Labute approximate surface area is 191 Å². The zero-order chi connectivity index (χ0) is 24.6. The van der Waals surface area contributed by atoms with Crippen molar-refractivity contribution < 1.29 is 32.6 Å². The third-order valence-electron chi connectivity index (χ3n) is 5.04. The van der Waals surface area contributed by atoms with Crippen LogP contribution in [0, 0.1) is 12.8 Å². The number of hydrogen-bond acceptors (Lipinski definition) is 4. The molecule has 1 atom stereocenters. The smallest absolute Gasteiger partial charge is 0.475 e. The summed E-state index contributed by atoms with van der Waals surface area (Å²) in [5.74, 6) is -2.00. The van der Waals surface area contributed by atoms with Crippen LogP contribution in [0.15, 0.2) is 36.5 Å². The fourth-order valence-corrected chi connectivity index (χ4v) is 3.30. The molecule has 0 fully saturated rings. The second kappa shape index (κ2) is 11.8. The second-order valence-electron chi connectivity index (χ2n) is 8.36. The van der Waals surface area contributed by atoms with Crippen molar-refractivity contribution >= 4 is 11.9 Å². The summed E-state index contributed by atoms with van der Waals surface area (Å²) in [5.41, 5.74) is 3.09. The first-order valence-corrected chi connectivity index (χ1v) is 10.7. The quantitative estimate of drug-likeness (QED) is 0.686. The Kier molecular flexibility index (Phi) is 9.45. The molecule has 2 aromatic rings. The number of fused-ring (bicyclic) bond motifs is 1. The van der Waals surface area contributed by atoms with Crippen LogP contribution in [-0.2, 0) is 34.0 Å². The van der Waals surface area contributed by atoms with E-state index >= 15 is 0 Å². The monoisotopic (exact) mass is 469 g/mol. The van der Waals surface area contributed by atoms with Gasteiger partial charge in [0.05, 0.1) is 31.5 Å². The van der Waals surface area contributed by atoms with Gasteiger partial charge in [-0.05, 0) is 43.5 Å². The van der Waals surface area contributed by atoms with Crippen molar-refractivity contribution in [2.24, 2.45) is 5.92 Å². The van der Waals surface area contributed by atoms with Crippen molar-refractivity contribution in [1.82, 2.24) is 14.5 Å². The number of alkyl halides is 3. The largest absolute Gasteiger partial charge is 0.490 e. The topological polar surface area (TPSA) is 84.7 Å². The number of aromatic nitrogens is 2. The van der Waals surface area contributed by atoms with Crippen molar-refractivity contribution in [1.29, 1.82) is 0 Å². The van der Waals surface area contributed by atoms with Crippen molar-refractivity contribution in [3.8, 4) is 0 Å². The molecule has 3 heterocycles. The van der Waals surface area contributed by atoms with Crippen LogP contribution < -0.4 is 0 Å². The first-order valence-electron chi connectivity index (χ1n) is 10.7. The molecular formula is C23H30F3N3O4. The molecule has 182 valence electrons. The predicted molar refractivity (Wildman–Crippen MR) is 115 cm³/mol. The van der Waals surface area contributed by atoms with E-state index in [1.165, 1.54) is 5.69 Å². The van der Waals surface area contributed by atoms with Gasteiger partial charge in [-0.3, -0.25) is 9.78 Å². The van der Waals surface area contributed by atoms with Crippen LogP contribution in [0.5, 0.6) is 0 Å². The van der Waals surface area contributed by atoms with Gasteiger partial charge in [0.15, 0.2) is 0 Å². The third kappa shape index (κ3) is 8.88. The zero-order valence-electron chi connectivity index (χ0n) is 19.0. The molecule has 7 nitrogen and oxygen atoms in total. The summed E-state index contributed by atoms with van der Waals surface area (Å²) in [7, 11) is 0. The van der Waals surface area contributed by atoms with E-state index < -0.39 is 12.1 Å². The van der Waals surface area contributed by atoms with Crippen LogP contribution in [0.1, 0.15) is 43.8 Å². The number of aliphatic carboxylic acids is 1. The summed E-state index contributed by atoms with van der Waals surface area (Å²) in [6.07, 6.45) is -1.52. The lowest BCUT2D eigenvalue weighted by atomic mass is 10.1. The number of carboxylic acids is 1. The van der Waals surface area contributed by atoms with E-state index in [9.17, 15) is 18.0 Å². The van der Waals surface area contributed by atoms with E-state index in [1.807, 2.05) is 36.1 Å². The number of nitrogens with zero attached hydrogens (tertiary/aromatic N) is 3. The van der Waals surface area contributed by atoms with Gasteiger partial charge in [-0.2, -0.15) is 13.2 Å². The Morgan fingerprint density at radius 3 is 2.52 bits per heavy atom. The van der Waals surface area contributed by atoms with E-state index in [0.717, 1.165) is 24.4 Å². The van der Waals surface area contributed by atoms with Crippen LogP contribution in [0.3, 0.4) is 0 Å². The Morgan fingerprint density at radius 1 is 1.21 bits per heavy atom. The third-order valence-corrected chi connectivity index (χ3v) is 5.04. The summed E-state index contributed by atoms with van der Waals surface area (Å²) >= 11 is 0. The van der Waals surface area contributed by atoms with E-state index in [0.29, 0.717) is 32.0 Å². The summed E-state index contributed by atoms with van der Waals surface area (Å²) < 4.78 is 40.1. The maximum atomic E-state index is 12.7. The highest BCUT2D eigenvalue weighted by Gasteiger charge is 2.38. The van der Waals surface area contributed by atoms with Crippen LogP contribution in [0.4, 0.5) is 13.2 Å². The fourth-order valence-electron chi connectivity index (χ4n) is 3.30. The molecule has 0 saturated carbocycles. The van der Waals surface area contributed by atoms with Crippen LogP contribution in [0.2, 0.25) is 0 Å².